The fourth-order valence-electron chi connectivity index (χ4n) is 1.01. The maximum atomic E-state index is 11.3. The topological polar surface area (TPSA) is 74.2 Å². The second kappa shape index (κ2) is 3.76. The molecular weight excluding hydrogens is 170 g/mol. The molecule has 0 aliphatic heterocycles. The van der Waals surface area contributed by atoms with Crippen LogP contribution in [0.4, 0.5) is 0 Å². The van der Waals surface area contributed by atoms with Gasteiger partial charge in [0.2, 0.25) is 5.43 Å². The van der Waals surface area contributed by atoms with Gasteiger partial charge < -0.3 is 9.52 Å². The molecule has 0 spiro atoms. The molecule has 0 unspecified atom stereocenters. The Kier molecular flexibility index (Phi) is 2.70. The van der Waals surface area contributed by atoms with Crippen LogP contribution in [-0.4, -0.2) is 5.11 Å². The molecule has 0 amide bonds. The molecule has 0 aromatic carbocycles. The first-order chi connectivity index (χ1) is 6.16. The predicted octanol–water partition coefficient (Wildman–Crippen LogP) is 1.36. The predicted molar refractivity (Wildman–Crippen MR) is 45.3 cm³/mol. The van der Waals surface area contributed by atoms with Gasteiger partial charge in [0.25, 0.3) is 0 Å². The highest BCUT2D eigenvalue weighted by atomic mass is 16.3. The fourth-order valence-corrected chi connectivity index (χ4v) is 1.01. The molecular formula is C9H9NO3. The van der Waals surface area contributed by atoms with Crippen LogP contribution in [0.2, 0.25) is 0 Å². The van der Waals surface area contributed by atoms with E-state index in [-0.39, 0.29) is 12.3 Å². The summed E-state index contributed by atoms with van der Waals surface area (Å²) in [4.78, 5) is 11.3. The Hall–Kier alpha value is -1.76. The van der Waals surface area contributed by atoms with E-state index in [4.69, 9.17) is 14.8 Å². The molecule has 4 heteroatoms. The van der Waals surface area contributed by atoms with Crippen molar-refractivity contribution in [1.29, 1.82) is 5.26 Å². The van der Waals surface area contributed by atoms with Crippen LogP contribution >= 0.6 is 0 Å². The molecule has 0 aliphatic carbocycles. The number of nitriles is 1. The summed E-state index contributed by atoms with van der Waals surface area (Å²) in [6.45, 7) is 1.73. The van der Waals surface area contributed by atoms with Gasteiger partial charge in [-0.05, 0) is 0 Å². The number of hydrogen-bond acceptors (Lipinski definition) is 4. The van der Waals surface area contributed by atoms with Crippen molar-refractivity contribution in [3.63, 3.8) is 0 Å². The van der Waals surface area contributed by atoms with E-state index in [1.807, 2.05) is 6.07 Å². The van der Waals surface area contributed by atoms with Crippen LogP contribution in [0, 0.1) is 11.3 Å². The van der Waals surface area contributed by atoms with E-state index in [9.17, 15) is 4.79 Å². The van der Waals surface area contributed by atoms with Gasteiger partial charge in [-0.15, -0.1) is 0 Å². The van der Waals surface area contributed by atoms with Crippen LogP contribution in [-0.2, 0) is 0 Å². The van der Waals surface area contributed by atoms with Crippen molar-refractivity contribution in [2.45, 2.75) is 19.3 Å². The molecule has 1 atom stereocenters. The Morgan fingerprint density at radius 1 is 1.69 bits per heavy atom. The van der Waals surface area contributed by atoms with E-state index >= 15 is 0 Å². The molecule has 0 aliphatic rings. The van der Waals surface area contributed by atoms with E-state index < -0.39 is 11.2 Å². The van der Waals surface area contributed by atoms with Crippen molar-refractivity contribution < 1.29 is 9.52 Å². The summed E-state index contributed by atoms with van der Waals surface area (Å²) in [7, 11) is 0. The molecule has 1 N–H and O–H groups in total. The normalized spacial score (nSPS) is 12.0. The zero-order valence-electron chi connectivity index (χ0n) is 7.15. The Bertz CT molecular complexity index is 389. The molecule has 68 valence electrons. The number of hydrogen-bond donors (Lipinski definition) is 1. The lowest BCUT2D eigenvalue weighted by molar-refractivity contribution is 0.423. The molecule has 13 heavy (non-hydrogen) atoms. The fraction of sp³-hybridized carbons (Fsp3) is 0.333. The molecule has 1 heterocycles. The third-order valence-electron chi connectivity index (χ3n) is 1.80. The summed E-state index contributed by atoms with van der Waals surface area (Å²) >= 11 is 0. The lowest BCUT2D eigenvalue weighted by atomic mass is 10.0. The monoisotopic (exact) mass is 179 g/mol. The van der Waals surface area contributed by atoms with Crippen LogP contribution in [0.3, 0.4) is 0 Å². The van der Waals surface area contributed by atoms with Gasteiger partial charge in [0.1, 0.15) is 6.26 Å². The molecule has 0 fully saturated rings. The minimum atomic E-state index is -0.464. The Labute approximate surface area is 75.0 Å². The summed E-state index contributed by atoms with van der Waals surface area (Å²) < 4.78 is 4.73. The smallest absolute Gasteiger partial charge is 0.229 e. The first-order valence-electron chi connectivity index (χ1n) is 3.83. The van der Waals surface area contributed by atoms with E-state index in [1.165, 1.54) is 6.26 Å². The lowest BCUT2D eigenvalue weighted by Gasteiger charge is -2.04. The summed E-state index contributed by atoms with van der Waals surface area (Å²) in [5, 5.41) is 17.4. The Morgan fingerprint density at radius 3 is 3.00 bits per heavy atom. The van der Waals surface area contributed by atoms with E-state index in [2.05, 4.69) is 0 Å². The zero-order chi connectivity index (χ0) is 9.84. The third kappa shape index (κ3) is 1.88. The average molecular weight is 179 g/mol. The lowest BCUT2D eigenvalue weighted by Crippen LogP contribution is -2.10. The van der Waals surface area contributed by atoms with Crippen molar-refractivity contribution in [2.24, 2.45) is 0 Å². The van der Waals surface area contributed by atoms with E-state index in [1.54, 1.807) is 6.92 Å². The summed E-state index contributed by atoms with van der Waals surface area (Å²) in [6, 6.07) is 1.95. The van der Waals surface area contributed by atoms with Crippen molar-refractivity contribution in [3.8, 4) is 11.8 Å². The van der Waals surface area contributed by atoms with Gasteiger partial charge in [0.15, 0.2) is 5.75 Å². The van der Waals surface area contributed by atoms with Crippen LogP contribution in [0.5, 0.6) is 5.75 Å². The second-order valence-corrected chi connectivity index (χ2v) is 2.80. The van der Waals surface area contributed by atoms with Crippen LogP contribution in [0.1, 0.15) is 24.8 Å². The van der Waals surface area contributed by atoms with E-state index in [0.29, 0.717) is 5.56 Å². The van der Waals surface area contributed by atoms with Crippen LogP contribution < -0.4 is 5.43 Å². The van der Waals surface area contributed by atoms with Gasteiger partial charge in [-0.3, -0.25) is 4.79 Å². The summed E-state index contributed by atoms with van der Waals surface area (Å²) in [6.07, 6.45) is 2.48. The van der Waals surface area contributed by atoms with Gasteiger partial charge in [0, 0.05) is 17.9 Å². The van der Waals surface area contributed by atoms with Crippen molar-refractivity contribution in [2.75, 3.05) is 0 Å². The average Bonchev–Trinajstić information content (AvgIpc) is 2.10. The molecule has 0 saturated heterocycles. The minimum Gasteiger partial charge on any atom is -0.502 e. The first kappa shape index (κ1) is 9.33. The third-order valence-corrected chi connectivity index (χ3v) is 1.80. The summed E-state index contributed by atoms with van der Waals surface area (Å²) in [5.74, 6) is -0.629. The maximum absolute atomic E-state index is 11.3. The molecule has 0 bridgehead atoms. The first-order valence-corrected chi connectivity index (χ1v) is 3.83. The zero-order valence-corrected chi connectivity index (χ0v) is 7.15. The molecule has 1 aromatic heterocycles. The van der Waals surface area contributed by atoms with Gasteiger partial charge in [-0.2, -0.15) is 5.26 Å². The van der Waals surface area contributed by atoms with Crippen LogP contribution in [0.15, 0.2) is 21.7 Å². The van der Waals surface area contributed by atoms with Crippen LogP contribution in [0.25, 0.3) is 0 Å². The quantitative estimate of drug-likeness (QED) is 0.743. The Balaban J connectivity index is 3.10. The molecule has 1 rings (SSSR count). The molecule has 1 aromatic rings. The molecule has 0 radical (unpaired) electrons. The van der Waals surface area contributed by atoms with Crippen molar-refractivity contribution in [1.82, 2.24) is 0 Å². The number of nitrogens with zero attached hydrogens (tertiary/aromatic N) is 1. The number of rotatable bonds is 2. The van der Waals surface area contributed by atoms with Gasteiger partial charge in [0.05, 0.1) is 12.3 Å². The highest BCUT2D eigenvalue weighted by molar-refractivity contribution is 5.23. The van der Waals surface area contributed by atoms with Crippen molar-refractivity contribution in [3.05, 3.63) is 28.3 Å². The minimum absolute atomic E-state index is 0.214. The van der Waals surface area contributed by atoms with Crippen molar-refractivity contribution >= 4 is 0 Å². The largest absolute Gasteiger partial charge is 0.502 e. The highest BCUT2D eigenvalue weighted by Crippen LogP contribution is 2.16. The maximum Gasteiger partial charge on any atom is 0.229 e. The highest BCUT2D eigenvalue weighted by Gasteiger charge is 2.12. The van der Waals surface area contributed by atoms with Gasteiger partial charge in [-0.25, -0.2) is 0 Å². The van der Waals surface area contributed by atoms with Gasteiger partial charge in [-0.1, -0.05) is 6.92 Å². The summed E-state index contributed by atoms with van der Waals surface area (Å²) in [5.41, 5.74) is -0.129. The van der Waals surface area contributed by atoms with E-state index in [0.717, 1.165) is 6.26 Å². The second-order valence-electron chi connectivity index (χ2n) is 2.80. The molecule has 4 nitrogen and oxygen atoms in total. The number of aromatic hydroxyl groups is 1. The Morgan fingerprint density at radius 2 is 2.38 bits per heavy atom. The molecule has 0 saturated carbocycles. The standard InChI is InChI=1S/C9H9NO3/c1-6(2-3-10)7-4-13-5-8(11)9(7)12/h4-6,11H,2H2,1H3/t6-/m0/s1. The van der Waals surface area contributed by atoms with Gasteiger partial charge >= 0.3 is 0 Å². The SMILES string of the molecule is C[C@@H](CC#N)c1cocc(O)c1=O.